The molecule has 7 heteroatoms. The largest absolute Gasteiger partial charge is 0.352 e. The number of hydrogen-bond acceptors (Lipinski definition) is 2. The van der Waals surface area contributed by atoms with Crippen molar-refractivity contribution in [3.8, 4) is 0 Å². The third-order valence-corrected chi connectivity index (χ3v) is 7.06. The Kier molecular flexibility index (Phi) is 4.63. The van der Waals surface area contributed by atoms with E-state index >= 15 is 0 Å². The van der Waals surface area contributed by atoms with Crippen molar-refractivity contribution in [2.75, 3.05) is 0 Å². The molecule has 4 nitrogen and oxygen atoms in total. The molecule has 1 aromatic heterocycles. The van der Waals surface area contributed by atoms with E-state index < -0.39 is 6.43 Å². The number of alkyl halides is 2. The molecule has 0 aliphatic heterocycles. The first kappa shape index (κ1) is 17.4. The van der Waals surface area contributed by atoms with Gasteiger partial charge in [0.05, 0.1) is 10.2 Å². The fourth-order valence-electron chi connectivity index (χ4n) is 4.93. The van der Waals surface area contributed by atoms with Gasteiger partial charge in [-0.3, -0.25) is 9.48 Å². The molecule has 0 saturated heterocycles. The van der Waals surface area contributed by atoms with Crippen molar-refractivity contribution in [2.24, 2.45) is 17.8 Å². The Hall–Kier alpha value is -0.980. The third kappa shape index (κ3) is 3.36. The topological polar surface area (TPSA) is 46.9 Å². The zero-order valence-corrected chi connectivity index (χ0v) is 15.9. The number of aromatic nitrogens is 2. The highest BCUT2D eigenvalue weighted by molar-refractivity contribution is 9.10. The monoisotopic (exact) mass is 415 g/mol. The van der Waals surface area contributed by atoms with Crippen LogP contribution in [0.5, 0.6) is 0 Å². The third-order valence-electron chi connectivity index (χ3n) is 6.24. The first-order chi connectivity index (χ1) is 11.9. The molecule has 1 heterocycles. The lowest BCUT2D eigenvalue weighted by Gasteiger charge is -2.28. The summed E-state index contributed by atoms with van der Waals surface area (Å²) in [6.45, 7) is 2.09. The minimum absolute atomic E-state index is 0.0162. The highest BCUT2D eigenvalue weighted by Gasteiger charge is 2.42. The lowest BCUT2D eigenvalue weighted by molar-refractivity contribution is -0.123. The maximum Gasteiger partial charge on any atom is 0.283 e. The van der Waals surface area contributed by atoms with Gasteiger partial charge in [0.1, 0.15) is 12.2 Å². The van der Waals surface area contributed by atoms with E-state index in [0.29, 0.717) is 10.4 Å². The van der Waals surface area contributed by atoms with Gasteiger partial charge in [0.15, 0.2) is 0 Å². The van der Waals surface area contributed by atoms with Crippen LogP contribution in [0.2, 0.25) is 0 Å². The van der Waals surface area contributed by atoms with Gasteiger partial charge in [-0.25, -0.2) is 8.78 Å². The molecule has 4 atom stereocenters. The summed E-state index contributed by atoms with van der Waals surface area (Å²) in [6.07, 6.45) is 4.44. The molecular weight excluding hydrogens is 392 g/mol. The number of nitrogens with zero attached hydrogens (tertiary/aromatic N) is 2. The van der Waals surface area contributed by atoms with Crippen LogP contribution in [0.4, 0.5) is 8.78 Å². The molecule has 138 valence electrons. The van der Waals surface area contributed by atoms with E-state index in [1.54, 1.807) is 0 Å². The number of nitrogens with one attached hydrogen (secondary N) is 1. The first-order valence-electron chi connectivity index (χ1n) is 9.27. The Balaban J connectivity index is 1.43. The van der Waals surface area contributed by atoms with E-state index in [-0.39, 0.29) is 30.1 Å². The Labute approximate surface area is 154 Å². The summed E-state index contributed by atoms with van der Waals surface area (Å²) in [4.78, 5) is 12.5. The van der Waals surface area contributed by atoms with Gasteiger partial charge in [-0.2, -0.15) is 5.10 Å². The van der Waals surface area contributed by atoms with Crippen LogP contribution in [-0.2, 0) is 11.3 Å². The number of carbonyl (C=O) groups is 1. The smallest absolute Gasteiger partial charge is 0.283 e. The Morgan fingerprint density at radius 2 is 2.08 bits per heavy atom. The van der Waals surface area contributed by atoms with E-state index in [2.05, 4.69) is 33.3 Å². The Morgan fingerprint density at radius 3 is 2.64 bits per heavy atom. The molecule has 1 aromatic rings. The maximum absolute atomic E-state index is 13.1. The summed E-state index contributed by atoms with van der Waals surface area (Å²) in [5.74, 6) is 2.25. The van der Waals surface area contributed by atoms with Crippen molar-refractivity contribution in [3.05, 3.63) is 15.9 Å². The van der Waals surface area contributed by atoms with Gasteiger partial charge >= 0.3 is 0 Å². The van der Waals surface area contributed by atoms with Gasteiger partial charge in [-0.1, -0.05) is 6.42 Å². The van der Waals surface area contributed by atoms with Crippen molar-refractivity contribution in [3.63, 3.8) is 0 Å². The van der Waals surface area contributed by atoms with E-state index in [1.807, 2.05) is 0 Å². The summed E-state index contributed by atoms with van der Waals surface area (Å²) in [6, 6.07) is 0.140. The summed E-state index contributed by atoms with van der Waals surface area (Å²) in [7, 11) is 0. The zero-order chi connectivity index (χ0) is 17.7. The van der Waals surface area contributed by atoms with Crippen molar-refractivity contribution in [1.82, 2.24) is 15.1 Å². The normalized spacial score (nSPS) is 29.4. The van der Waals surface area contributed by atoms with E-state index in [1.165, 1.54) is 30.4 Å². The van der Waals surface area contributed by atoms with E-state index in [0.717, 1.165) is 30.4 Å². The van der Waals surface area contributed by atoms with Crippen LogP contribution in [0.1, 0.15) is 69.2 Å². The number of fused-ring (bicyclic) bond motifs is 2. The highest BCUT2D eigenvalue weighted by atomic mass is 79.9. The molecule has 3 aliphatic rings. The second kappa shape index (κ2) is 6.63. The van der Waals surface area contributed by atoms with Gasteiger partial charge in [0.2, 0.25) is 5.91 Å². The van der Waals surface area contributed by atoms with Crippen LogP contribution in [0.15, 0.2) is 4.47 Å². The van der Waals surface area contributed by atoms with Gasteiger partial charge in [0.25, 0.3) is 6.43 Å². The fraction of sp³-hybridized carbons (Fsp3) is 0.778. The van der Waals surface area contributed by atoms with Gasteiger partial charge in [0, 0.05) is 12.0 Å². The number of rotatable bonds is 6. The minimum atomic E-state index is -2.64. The number of halogens is 3. The molecule has 0 unspecified atom stereocenters. The van der Waals surface area contributed by atoms with Crippen LogP contribution in [-0.4, -0.2) is 21.7 Å². The summed E-state index contributed by atoms with van der Waals surface area (Å²) in [5.41, 5.74) is 0.494. The molecule has 3 aliphatic carbocycles. The molecule has 4 rings (SSSR count). The molecule has 0 aromatic carbocycles. The van der Waals surface area contributed by atoms with Crippen molar-refractivity contribution in [1.29, 1.82) is 0 Å². The molecule has 1 amide bonds. The predicted molar refractivity (Wildman–Crippen MR) is 93.4 cm³/mol. The SMILES string of the molecule is C[C@H](NC(=O)Cn1nc(C(F)F)c(Br)c1C1CC1)[C@@H]1C[C@@H]2CC[C@@H]1C2. The molecule has 2 bridgehead atoms. The van der Waals surface area contributed by atoms with E-state index in [4.69, 9.17) is 0 Å². The molecule has 0 spiro atoms. The molecule has 25 heavy (non-hydrogen) atoms. The molecule has 0 radical (unpaired) electrons. The summed E-state index contributed by atoms with van der Waals surface area (Å²) < 4.78 is 28.1. The van der Waals surface area contributed by atoms with Crippen LogP contribution >= 0.6 is 15.9 Å². The number of carbonyl (C=O) groups excluding carboxylic acids is 1. The van der Waals surface area contributed by atoms with Crippen molar-refractivity contribution < 1.29 is 13.6 Å². The second-order valence-electron chi connectivity index (χ2n) is 8.01. The maximum atomic E-state index is 13.1. The molecule has 3 saturated carbocycles. The average Bonchev–Trinajstić information content (AvgIpc) is 3.02. The van der Waals surface area contributed by atoms with Crippen LogP contribution in [0, 0.1) is 17.8 Å². The molecule has 1 N–H and O–H groups in total. The number of hydrogen-bond donors (Lipinski definition) is 1. The van der Waals surface area contributed by atoms with Crippen molar-refractivity contribution in [2.45, 2.75) is 70.4 Å². The lowest BCUT2D eigenvalue weighted by atomic mass is 9.84. The quantitative estimate of drug-likeness (QED) is 0.747. The standard InChI is InChI=1S/C18H24BrF2N3O/c1-9(13-7-10-2-3-12(13)6-10)22-14(25)8-24-17(11-4-5-11)15(19)16(23-24)18(20)21/h9-13,18H,2-8H2,1H3,(H,22,25)/t9-,10+,12+,13-/m0/s1. The summed E-state index contributed by atoms with van der Waals surface area (Å²) >= 11 is 3.26. The van der Waals surface area contributed by atoms with Crippen LogP contribution in [0.3, 0.4) is 0 Å². The fourth-order valence-corrected chi connectivity index (χ4v) is 5.71. The van der Waals surface area contributed by atoms with Crippen molar-refractivity contribution >= 4 is 21.8 Å². The van der Waals surface area contributed by atoms with Gasteiger partial charge in [-0.05, 0) is 72.7 Å². The zero-order valence-electron chi connectivity index (χ0n) is 14.4. The average molecular weight is 416 g/mol. The second-order valence-corrected chi connectivity index (χ2v) is 8.80. The Morgan fingerprint density at radius 1 is 1.32 bits per heavy atom. The molecule has 3 fully saturated rings. The van der Waals surface area contributed by atoms with Crippen LogP contribution in [0.25, 0.3) is 0 Å². The lowest BCUT2D eigenvalue weighted by Crippen LogP contribution is -2.41. The molecular formula is C18H24BrF2N3O. The highest BCUT2D eigenvalue weighted by Crippen LogP contribution is 2.49. The Bertz CT molecular complexity index is 674. The number of amides is 1. The van der Waals surface area contributed by atoms with Gasteiger partial charge < -0.3 is 5.32 Å². The van der Waals surface area contributed by atoms with Crippen LogP contribution < -0.4 is 5.32 Å². The first-order valence-corrected chi connectivity index (χ1v) is 10.1. The summed E-state index contributed by atoms with van der Waals surface area (Å²) in [5, 5.41) is 7.11. The van der Waals surface area contributed by atoms with Gasteiger partial charge in [-0.15, -0.1) is 0 Å². The minimum Gasteiger partial charge on any atom is -0.352 e. The van der Waals surface area contributed by atoms with E-state index in [9.17, 15) is 13.6 Å². The predicted octanol–water partition coefficient (Wildman–Crippen LogP) is 4.40.